The van der Waals surface area contributed by atoms with Gasteiger partial charge in [-0.15, -0.1) is 0 Å². The maximum atomic E-state index is 11.5. The third-order valence-electron chi connectivity index (χ3n) is 3.63. The molecular weight excluding hydrogens is 242 g/mol. The molecule has 1 heterocycles. The van der Waals surface area contributed by atoms with Crippen LogP contribution < -0.4 is 5.73 Å². The number of anilines is 1. The zero-order valence-electron chi connectivity index (χ0n) is 10.7. The van der Waals surface area contributed by atoms with Crippen molar-refractivity contribution in [2.75, 3.05) is 12.8 Å². The first-order valence-corrected chi connectivity index (χ1v) is 6.18. The molecule has 0 spiro atoms. The van der Waals surface area contributed by atoms with Crippen molar-refractivity contribution in [2.45, 2.75) is 18.9 Å². The highest BCUT2D eigenvalue weighted by Gasteiger charge is 2.26. The van der Waals surface area contributed by atoms with Gasteiger partial charge in [0.05, 0.1) is 13.4 Å². The minimum Gasteiger partial charge on any atom is -0.464 e. The molecule has 0 unspecified atom stereocenters. The van der Waals surface area contributed by atoms with Gasteiger partial charge < -0.3 is 15.0 Å². The number of benzene rings is 1. The van der Waals surface area contributed by atoms with E-state index in [0.29, 0.717) is 5.82 Å². The molecule has 1 aliphatic carbocycles. The Kier molecular flexibility index (Phi) is 2.74. The van der Waals surface area contributed by atoms with Gasteiger partial charge in [0, 0.05) is 6.04 Å². The molecule has 5 heteroatoms. The third kappa shape index (κ3) is 1.87. The molecule has 0 saturated carbocycles. The number of carbonyl (C=O) groups is 1. The van der Waals surface area contributed by atoms with E-state index in [-0.39, 0.29) is 11.7 Å². The fourth-order valence-corrected chi connectivity index (χ4v) is 2.65. The van der Waals surface area contributed by atoms with E-state index in [4.69, 9.17) is 5.73 Å². The van der Waals surface area contributed by atoms with Crippen LogP contribution in [0.4, 0.5) is 5.82 Å². The van der Waals surface area contributed by atoms with Crippen LogP contribution in [0, 0.1) is 0 Å². The van der Waals surface area contributed by atoms with Crippen LogP contribution in [-0.4, -0.2) is 22.6 Å². The Hall–Kier alpha value is -2.30. The van der Waals surface area contributed by atoms with Crippen LogP contribution in [0.2, 0.25) is 0 Å². The number of hydrogen-bond acceptors (Lipinski definition) is 4. The average Bonchev–Trinajstić information content (AvgIpc) is 3.00. The Morgan fingerprint density at radius 2 is 2.00 bits per heavy atom. The number of carbonyl (C=O) groups excluding carboxylic acids is 1. The monoisotopic (exact) mass is 257 g/mol. The van der Waals surface area contributed by atoms with Gasteiger partial charge in [-0.2, -0.15) is 0 Å². The Labute approximate surface area is 111 Å². The number of imidazole rings is 1. The number of nitrogen functional groups attached to an aromatic ring is 1. The maximum Gasteiger partial charge on any atom is 0.360 e. The molecule has 2 aromatic rings. The van der Waals surface area contributed by atoms with Crippen LogP contribution in [0.3, 0.4) is 0 Å². The highest BCUT2D eigenvalue weighted by atomic mass is 16.5. The van der Waals surface area contributed by atoms with Crippen LogP contribution in [0.25, 0.3) is 0 Å². The summed E-state index contributed by atoms with van der Waals surface area (Å²) in [4.78, 5) is 15.6. The molecular formula is C14H15N3O2. The van der Waals surface area contributed by atoms with Gasteiger partial charge in [-0.1, -0.05) is 24.3 Å². The van der Waals surface area contributed by atoms with E-state index in [0.717, 1.165) is 12.8 Å². The van der Waals surface area contributed by atoms with E-state index >= 15 is 0 Å². The lowest BCUT2D eigenvalue weighted by molar-refractivity contribution is 0.0596. The number of rotatable bonds is 2. The minimum absolute atomic E-state index is 0.193. The Morgan fingerprint density at radius 3 is 2.58 bits per heavy atom. The number of nitrogens with two attached hydrogens (primary N) is 1. The van der Waals surface area contributed by atoms with E-state index in [9.17, 15) is 4.79 Å². The van der Waals surface area contributed by atoms with Crippen LogP contribution in [0.15, 0.2) is 30.6 Å². The molecule has 1 aliphatic rings. The van der Waals surface area contributed by atoms with E-state index in [1.165, 1.54) is 18.2 Å². The summed E-state index contributed by atoms with van der Waals surface area (Å²) < 4.78 is 6.53. The van der Waals surface area contributed by atoms with Crippen molar-refractivity contribution in [3.05, 3.63) is 47.4 Å². The molecule has 1 aromatic heterocycles. The zero-order chi connectivity index (χ0) is 13.4. The van der Waals surface area contributed by atoms with Crippen molar-refractivity contribution in [1.82, 2.24) is 9.55 Å². The van der Waals surface area contributed by atoms with Gasteiger partial charge in [0.15, 0.2) is 5.69 Å². The average molecular weight is 257 g/mol. The second kappa shape index (κ2) is 4.42. The number of ether oxygens (including phenoxy) is 1. The lowest BCUT2D eigenvalue weighted by Gasteiger charge is -2.12. The normalized spacial score (nSPS) is 14.4. The lowest BCUT2D eigenvalue weighted by atomic mass is 10.1. The molecule has 0 radical (unpaired) electrons. The second-order valence-corrected chi connectivity index (χ2v) is 4.71. The van der Waals surface area contributed by atoms with Crippen molar-refractivity contribution < 1.29 is 9.53 Å². The Bertz CT molecular complexity index is 608. The molecule has 0 atom stereocenters. The van der Waals surface area contributed by atoms with Gasteiger partial charge in [0.1, 0.15) is 5.82 Å². The van der Waals surface area contributed by atoms with Gasteiger partial charge in [-0.05, 0) is 24.0 Å². The van der Waals surface area contributed by atoms with Crippen molar-refractivity contribution >= 4 is 11.8 Å². The molecule has 0 bridgehead atoms. The highest BCUT2D eigenvalue weighted by Crippen LogP contribution is 2.32. The Balaban J connectivity index is 1.90. The second-order valence-electron chi connectivity index (χ2n) is 4.71. The first-order chi connectivity index (χ1) is 9.20. The van der Waals surface area contributed by atoms with Gasteiger partial charge >= 0.3 is 5.97 Å². The van der Waals surface area contributed by atoms with Gasteiger partial charge in [0.2, 0.25) is 0 Å². The molecule has 0 fully saturated rings. The molecule has 0 saturated heterocycles. The minimum atomic E-state index is -0.494. The molecule has 98 valence electrons. The summed E-state index contributed by atoms with van der Waals surface area (Å²) >= 11 is 0. The van der Waals surface area contributed by atoms with Crippen molar-refractivity contribution in [1.29, 1.82) is 0 Å². The van der Waals surface area contributed by atoms with Gasteiger partial charge in [-0.3, -0.25) is 0 Å². The predicted octanol–water partition coefficient (Wildman–Crippen LogP) is 1.59. The molecule has 1 aromatic carbocycles. The topological polar surface area (TPSA) is 70.1 Å². The Morgan fingerprint density at radius 1 is 1.37 bits per heavy atom. The molecule has 3 rings (SSSR count). The lowest BCUT2D eigenvalue weighted by Crippen LogP contribution is -2.13. The van der Waals surface area contributed by atoms with Gasteiger partial charge in [-0.25, -0.2) is 9.78 Å². The van der Waals surface area contributed by atoms with E-state index < -0.39 is 5.97 Å². The smallest absolute Gasteiger partial charge is 0.360 e. The van der Waals surface area contributed by atoms with Crippen LogP contribution in [0.5, 0.6) is 0 Å². The first-order valence-electron chi connectivity index (χ1n) is 6.18. The summed E-state index contributed by atoms with van der Waals surface area (Å²) in [6, 6.07) is 8.56. The largest absolute Gasteiger partial charge is 0.464 e. The number of hydrogen-bond donors (Lipinski definition) is 1. The summed E-state index contributed by atoms with van der Waals surface area (Å²) in [5.74, 6) is -0.114. The fraction of sp³-hybridized carbons (Fsp3) is 0.286. The van der Waals surface area contributed by atoms with E-state index in [1.807, 2.05) is 16.7 Å². The number of aromatic nitrogens is 2. The molecule has 19 heavy (non-hydrogen) atoms. The fourth-order valence-electron chi connectivity index (χ4n) is 2.65. The highest BCUT2D eigenvalue weighted by molar-refractivity contribution is 5.92. The quantitative estimate of drug-likeness (QED) is 0.829. The van der Waals surface area contributed by atoms with Crippen LogP contribution >= 0.6 is 0 Å². The summed E-state index contributed by atoms with van der Waals surface area (Å²) in [6.07, 6.45) is 3.45. The number of fused-ring (bicyclic) bond motifs is 1. The molecule has 2 N–H and O–H groups in total. The van der Waals surface area contributed by atoms with Crippen molar-refractivity contribution in [2.24, 2.45) is 0 Å². The van der Waals surface area contributed by atoms with Crippen LogP contribution in [0.1, 0.15) is 27.7 Å². The standard InChI is InChI=1S/C14H15N3O2/c1-19-14(18)12-13(15)17(8-16-12)11-6-9-4-2-3-5-10(9)7-11/h2-5,8,11H,6-7,15H2,1H3. The number of esters is 1. The zero-order valence-corrected chi connectivity index (χ0v) is 10.7. The van der Waals surface area contributed by atoms with E-state index in [2.05, 4.69) is 21.9 Å². The van der Waals surface area contributed by atoms with E-state index in [1.54, 1.807) is 6.33 Å². The number of methoxy groups -OCH3 is 1. The SMILES string of the molecule is COC(=O)c1ncn(C2Cc3ccccc3C2)c1N. The predicted molar refractivity (Wildman–Crippen MR) is 70.9 cm³/mol. The first kappa shape index (κ1) is 11.8. The summed E-state index contributed by atoms with van der Waals surface area (Å²) in [5, 5.41) is 0. The van der Waals surface area contributed by atoms with Gasteiger partial charge in [0.25, 0.3) is 0 Å². The number of nitrogens with zero attached hydrogens (tertiary/aromatic N) is 2. The van der Waals surface area contributed by atoms with Crippen molar-refractivity contribution in [3.8, 4) is 0 Å². The molecule has 0 aliphatic heterocycles. The molecule has 5 nitrogen and oxygen atoms in total. The maximum absolute atomic E-state index is 11.5. The van der Waals surface area contributed by atoms with Crippen molar-refractivity contribution in [3.63, 3.8) is 0 Å². The van der Waals surface area contributed by atoms with Crippen LogP contribution in [-0.2, 0) is 17.6 Å². The summed E-state index contributed by atoms with van der Waals surface area (Å²) in [6.45, 7) is 0. The summed E-state index contributed by atoms with van der Waals surface area (Å²) in [7, 11) is 1.33. The third-order valence-corrected chi connectivity index (χ3v) is 3.63. The molecule has 0 amide bonds. The summed E-state index contributed by atoms with van der Waals surface area (Å²) in [5.41, 5.74) is 8.85.